The molecule has 0 aliphatic carbocycles. The van der Waals surface area contributed by atoms with Gasteiger partial charge in [0.15, 0.2) is 0 Å². The molecule has 1 aliphatic rings. The summed E-state index contributed by atoms with van der Waals surface area (Å²) < 4.78 is 0. The van der Waals surface area contributed by atoms with Crippen LogP contribution in [0.5, 0.6) is 0 Å². The minimum absolute atomic E-state index is 0.0556. The second-order valence-corrected chi connectivity index (χ2v) is 6.80. The van der Waals surface area contributed by atoms with Crippen molar-refractivity contribution in [3.8, 4) is 0 Å². The van der Waals surface area contributed by atoms with Gasteiger partial charge >= 0.3 is 6.03 Å². The fourth-order valence-electron chi connectivity index (χ4n) is 2.45. The van der Waals surface area contributed by atoms with Crippen LogP contribution in [0.3, 0.4) is 0 Å². The quantitative estimate of drug-likeness (QED) is 0.648. The molecule has 0 bridgehead atoms. The van der Waals surface area contributed by atoms with E-state index in [0.717, 1.165) is 38.2 Å². The van der Waals surface area contributed by atoms with E-state index < -0.39 is 0 Å². The molecule has 1 aromatic rings. The van der Waals surface area contributed by atoms with E-state index in [0.29, 0.717) is 6.04 Å². The number of likely N-dealkylation sites (N-methyl/N-ethyl adjacent to an activating group) is 1. The van der Waals surface area contributed by atoms with Crippen LogP contribution in [-0.2, 0) is 0 Å². The second kappa shape index (κ2) is 8.29. The van der Waals surface area contributed by atoms with Crippen molar-refractivity contribution in [2.24, 2.45) is 0 Å². The molecule has 5 heteroatoms. The molecule has 0 saturated carbocycles. The first kappa shape index (κ1) is 16.2. The monoisotopic (exact) mass is 307 g/mol. The lowest BCUT2D eigenvalue weighted by atomic mass is 10.3. The van der Waals surface area contributed by atoms with Crippen molar-refractivity contribution >= 4 is 17.8 Å². The zero-order valence-corrected chi connectivity index (χ0v) is 13.7. The predicted octanol–water partition coefficient (Wildman–Crippen LogP) is 2.51. The fourth-order valence-corrected chi connectivity index (χ4v) is 3.31. The summed E-state index contributed by atoms with van der Waals surface area (Å²) in [6, 6.07) is 10.8. The Labute approximate surface area is 131 Å². The highest BCUT2D eigenvalue weighted by Gasteiger charge is 2.22. The molecule has 1 heterocycles. The Bertz CT molecular complexity index is 440. The molecule has 1 aliphatic heterocycles. The Morgan fingerprint density at radius 2 is 2.19 bits per heavy atom. The lowest BCUT2D eigenvalue weighted by molar-refractivity contribution is 0.205. The van der Waals surface area contributed by atoms with Crippen LogP contribution in [-0.4, -0.2) is 61.4 Å². The molecule has 1 atom stereocenters. The van der Waals surface area contributed by atoms with Gasteiger partial charge in [-0.1, -0.05) is 18.2 Å². The number of likely N-dealkylation sites (tertiary alicyclic amines) is 1. The molecule has 116 valence electrons. The summed E-state index contributed by atoms with van der Waals surface area (Å²) in [5.41, 5.74) is 0. The zero-order chi connectivity index (χ0) is 15.1. The smallest absolute Gasteiger partial charge is 0.317 e. The topological polar surface area (TPSA) is 35.6 Å². The second-order valence-electron chi connectivity index (χ2n) is 5.63. The minimum Gasteiger partial charge on any atom is -0.334 e. The molecule has 4 nitrogen and oxygen atoms in total. The van der Waals surface area contributed by atoms with Crippen LogP contribution >= 0.6 is 11.8 Å². The van der Waals surface area contributed by atoms with Crippen LogP contribution in [0.25, 0.3) is 0 Å². The Morgan fingerprint density at radius 1 is 1.43 bits per heavy atom. The van der Waals surface area contributed by atoms with Gasteiger partial charge in [0, 0.05) is 31.1 Å². The summed E-state index contributed by atoms with van der Waals surface area (Å²) in [7, 11) is 3.97. The summed E-state index contributed by atoms with van der Waals surface area (Å²) in [6.07, 6.45) is 2.06. The molecule has 21 heavy (non-hydrogen) atoms. The number of nitrogens with zero attached hydrogens (tertiary/aromatic N) is 2. The lowest BCUT2D eigenvalue weighted by Gasteiger charge is -2.21. The molecule has 0 spiro atoms. The van der Waals surface area contributed by atoms with Gasteiger partial charge in [0.05, 0.1) is 0 Å². The fraction of sp³-hybridized carbons (Fsp3) is 0.562. The molecule has 0 unspecified atom stereocenters. The summed E-state index contributed by atoms with van der Waals surface area (Å²) in [5, 5.41) is 3.11. The molecular formula is C16H25N3OS. The molecule has 1 saturated heterocycles. The van der Waals surface area contributed by atoms with Crippen molar-refractivity contribution < 1.29 is 4.79 Å². The predicted molar refractivity (Wildman–Crippen MR) is 88.8 cm³/mol. The highest BCUT2D eigenvalue weighted by molar-refractivity contribution is 7.99. The highest BCUT2D eigenvalue weighted by atomic mass is 32.2. The number of amides is 2. The van der Waals surface area contributed by atoms with Crippen LogP contribution in [0.1, 0.15) is 12.8 Å². The SMILES string of the molecule is CN1CC[C@@H](NC(=O)N(C)CCCSc2ccccc2)C1. The molecular weight excluding hydrogens is 282 g/mol. The minimum atomic E-state index is 0.0556. The third kappa shape index (κ3) is 5.59. The number of urea groups is 1. The van der Waals surface area contributed by atoms with E-state index in [4.69, 9.17) is 0 Å². The largest absolute Gasteiger partial charge is 0.334 e. The van der Waals surface area contributed by atoms with Gasteiger partial charge in [0.1, 0.15) is 0 Å². The molecule has 1 fully saturated rings. The van der Waals surface area contributed by atoms with Gasteiger partial charge < -0.3 is 15.1 Å². The van der Waals surface area contributed by atoms with E-state index >= 15 is 0 Å². The van der Waals surface area contributed by atoms with Gasteiger partial charge in [-0.15, -0.1) is 11.8 Å². The number of rotatable bonds is 6. The molecule has 0 aromatic heterocycles. The van der Waals surface area contributed by atoms with Crippen molar-refractivity contribution in [2.75, 3.05) is 39.5 Å². The van der Waals surface area contributed by atoms with Crippen molar-refractivity contribution in [3.05, 3.63) is 30.3 Å². The number of benzene rings is 1. The Kier molecular flexibility index (Phi) is 6.39. The molecule has 1 N–H and O–H groups in total. The lowest BCUT2D eigenvalue weighted by Crippen LogP contribution is -2.44. The molecule has 2 rings (SSSR count). The van der Waals surface area contributed by atoms with Gasteiger partial charge in [-0.3, -0.25) is 0 Å². The van der Waals surface area contributed by atoms with Gasteiger partial charge in [-0.2, -0.15) is 0 Å². The van der Waals surface area contributed by atoms with Gasteiger partial charge in [0.2, 0.25) is 0 Å². The number of nitrogens with one attached hydrogen (secondary N) is 1. The summed E-state index contributed by atoms with van der Waals surface area (Å²) in [5.74, 6) is 1.04. The van der Waals surface area contributed by atoms with Crippen molar-refractivity contribution in [3.63, 3.8) is 0 Å². The number of carbonyl (C=O) groups excluding carboxylic acids is 1. The maximum Gasteiger partial charge on any atom is 0.317 e. The zero-order valence-electron chi connectivity index (χ0n) is 12.9. The van der Waals surface area contributed by atoms with Gasteiger partial charge in [-0.05, 0) is 44.3 Å². The Balaban J connectivity index is 1.60. The van der Waals surface area contributed by atoms with Crippen LogP contribution in [0.15, 0.2) is 35.2 Å². The Hall–Kier alpha value is -1.20. The third-order valence-corrected chi connectivity index (χ3v) is 4.81. The number of hydrogen-bond acceptors (Lipinski definition) is 3. The molecule has 1 aromatic carbocycles. The van der Waals surface area contributed by atoms with Crippen LogP contribution < -0.4 is 5.32 Å². The van der Waals surface area contributed by atoms with Gasteiger partial charge in [0.25, 0.3) is 0 Å². The summed E-state index contributed by atoms with van der Waals surface area (Å²) >= 11 is 1.84. The first-order valence-corrected chi connectivity index (χ1v) is 8.52. The first-order valence-electron chi connectivity index (χ1n) is 7.53. The summed E-state index contributed by atoms with van der Waals surface area (Å²) in [4.78, 5) is 17.4. The number of carbonyl (C=O) groups is 1. The standard InChI is InChI=1S/C16H25N3OS/c1-18-11-9-14(13-18)17-16(20)19(2)10-6-12-21-15-7-4-3-5-8-15/h3-5,7-8,14H,6,9-13H2,1-2H3,(H,17,20)/t14-/m1/s1. The van der Waals surface area contributed by atoms with E-state index in [1.165, 1.54) is 4.90 Å². The van der Waals surface area contributed by atoms with Crippen molar-refractivity contribution in [1.29, 1.82) is 0 Å². The number of hydrogen-bond donors (Lipinski definition) is 1. The Morgan fingerprint density at radius 3 is 2.86 bits per heavy atom. The molecule has 2 amide bonds. The van der Waals surface area contributed by atoms with Crippen LogP contribution in [0, 0.1) is 0 Å². The van der Waals surface area contributed by atoms with Gasteiger partial charge in [-0.25, -0.2) is 4.79 Å². The van der Waals surface area contributed by atoms with E-state index in [1.807, 2.05) is 24.9 Å². The van der Waals surface area contributed by atoms with Crippen LogP contribution in [0.4, 0.5) is 4.79 Å². The van der Waals surface area contributed by atoms with Crippen LogP contribution in [0.2, 0.25) is 0 Å². The first-order chi connectivity index (χ1) is 10.1. The van der Waals surface area contributed by atoms with E-state index in [2.05, 4.69) is 41.5 Å². The van der Waals surface area contributed by atoms with Crippen molar-refractivity contribution in [1.82, 2.24) is 15.1 Å². The summed E-state index contributed by atoms with van der Waals surface area (Å²) in [6.45, 7) is 2.83. The number of thioether (sulfide) groups is 1. The van der Waals surface area contributed by atoms with E-state index in [-0.39, 0.29) is 6.03 Å². The maximum absolute atomic E-state index is 12.1. The van der Waals surface area contributed by atoms with Crippen molar-refractivity contribution in [2.45, 2.75) is 23.8 Å². The third-order valence-electron chi connectivity index (χ3n) is 3.72. The molecule has 0 radical (unpaired) electrons. The average molecular weight is 307 g/mol. The van der Waals surface area contributed by atoms with E-state index in [9.17, 15) is 4.79 Å². The average Bonchev–Trinajstić information content (AvgIpc) is 2.89. The maximum atomic E-state index is 12.1. The normalized spacial score (nSPS) is 18.7. The highest BCUT2D eigenvalue weighted by Crippen LogP contribution is 2.17. The van der Waals surface area contributed by atoms with E-state index in [1.54, 1.807) is 4.90 Å².